The third-order valence-electron chi connectivity index (χ3n) is 5.21. The second-order valence-electron chi connectivity index (χ2n) is 7.25. The van der Waals surface area contributed by atoms with Crippen LogP contribution in [0.1, 0.15) is 18.2 Å². The minimum atomic E-state index is -1.02. The van der Waals surface area contributed by atoms with E-state index >= 15 is 0 Å². The molecule has 1 atom stereocenters. The molecule has 29 heavy (non-hydrogen) atoms. The van der Waals surface area contributed by atoms with Crippen molar-refractivity contribution < 1.29 is 23.1 Å². The van der Waals surface area contributed by atoms with Crippen molar-refractivity contribution in [2.45, 2.75) is 33.0 Å². The van der Waals surface area contributed by atoms with Crippen LogP contribution in [-0.2, 0) is 22.6 Å². The standard InChI is InChI=1S/C19H21F2N5O3/c1-11-5-13(6-14(20)18(11)21)23-19(28)25-9-16-15(7-22-26(16)8-12(25)2)24-3-4-29-10-17(24)27/h5-7,12H,3-4,8-10H2,1-2H3,(H,23,28)/t12-/m0/s1. The highest BCUT2D eigenvalue weighted by molar-refractivity contribution is 5.95. The Morgan fingerprint density at radius 1 is 1.34 bits per heavy atom. The fourth-order valence-electron chi connectivity index (χ4n) is 3.65. The molecule has 10 heteroatoms. The minimum absolute atomic E-state index is 0.0146. The third-order valence-corrected chi connectivity index (χ3v) is 5.21. The van der Waals surface area contributed by atoms with E-state index in [-0.39, 0.29) is 36.4 Å². The number of morpholine rings is 1. The lowest BCUT2D eigenvalue weighted by molar-refractivity contribution is -0.125. The van der Waals surface area contributed by atoms with Crippen molar-refractivity contribution in [3.63, 3.8) is 0 Å². The van der Waals surface area contributed by atoms with Crippen LogP contribution >= 0.6 is 0 Å². The third kappa shape index (κ3) is 3.55. The van der Waals surface area contributed by atoms with Crippen molar-refractivity contribution in [2.24, 2.45) is 0 Å². The van der Waals surface area contributed by atoms with Crippen LogP contribution in [0.2, 0.25) is 0 Å². The highest BCUT2D eigenvalue weighted by Crippen LogP contribution is 2.28. The van der Waals surface area contributed by atoms with Gasteiger partial charge in [-0.1, -0.05) is 0 Å². The summed E-state index contributed by atoms with van der Waals surface area (Å²) in [5.74, 6) is -2.10. The minimum Gasteiger partial charge on any atom is -0.370 e. The summed E-state index contributed by atoms with van der Waals surface area (Å²) in [4.78, 5) is 28.2. The van der Waals surface area contributed by atoms with Crippen molar-refractivity contribution in [1.82, 2.24) is 14.7 Å². The van der Waals surface area contributed by atoms with Gasteiger partial charge in [0.1, 0.15) is 6.61 Å². The number of carbonyl (C=O) groups is 2. The van der Waals surface area contributed by atoms with Crippen LogP contribution in [-0.4, -0.2) is 52.4 Å². The fraction of sp³-hybridized carbons (Fsp3) is 0.421. The smallest absolute Gasteiger partial charge is 0.322 e. The highest BCUT2D eigenvalue weighted by Gasteiger charge is 2.33. The van der Waals surface area contributed by atoms with Crippen LogP contribution in [0.15, 0.2) is 18.3 Å². The Balaban J connectivity index is 1.56. The Labute approximate surface area is 166 Å². The topological polar surface area (TPSA) is 79.7 Å². The molecule has 1 N–H and O–H groups in total. The molecular weight excluding hydrogens is 384 g/mol. The van der Waals surface area contributed by atoms with E-state index in [0.29, 0.717) is 25.4 Å². The van der Waals surface area contributed by atoms with Crippen molar-refractivity contribution >= 4 is 23.3 Å². The van der Waals surface area contributed by atoms with Gasteiger partial charge in [0, 0.05) is 18.3 Å². The Morgan fingerprint density at radius 3 is 2.86 bits per heavy atom. The van der Waals surface area contributed by atoms with Gasteiger partial charge in [-0.3, -0.25) is 9.48 Å². The van der Waals surface area contributed by atoms with E-state index in [4.69, 9.17) is 4.74 Å². The summed E-state index contributed by atoms with van der Waals surface area (Å²) in [5.41, 5.74) is 1.70. The molecule has 2 aromatic rings. The summed E-state index contributed by atoms with van der Waals surface area (Å²) >= 11 is 0. The average molecular weight is 405 g/mol. The van der Waals surface area contributed by atoms with E-state index in [1.165, 1.54) is 13.0 Å². The molecule has 1 saturated heterocycles. The van der Waals surface area contributed by atoms with E-state index in [0.717, 1.165) is 11.8 Å². The molecule has 1 aromatic carbocycles. The SMILES string of the molecule is Cc1cc(NC(=O)N2Cc3c(N4CCOCC4=O)cnn3C[C@@H]2C)cc(F)c1F. The molecule has 3 heterocycles. The predicted octanol–water partition coefficient (Wildman–Crippen LogP) is 2.27. The first-order valence-corrected chi connectivity index (χ1v) is 9.31. The normalized spacial score (nSPS) is 19.3. The molecule has 1 aromatic heterocycles. The number of ether oxygens (including phenoxy) is 1. The molecule has 0 spiro atoms. The number of halogens is 2. The van der Waals surface area contributed by atoms with Gasteiger partial charge in [-0.2, -0.15) is 5.10 Å². The van der Waals surface area contributed by atoms with E-state index in [9.17, 15) is 18.4 Å². The molecule has 8 nitrogen and oxygen atoms in total. The number of hydrogen-bond acceptors (Lipinski definition) is 4. The van der Waals surface area contributed by atoms with Crippen LogP contribution in [0, 0.1) is 18.6 Å². The number of rotatable bonds is 2. The van der Waals surface area contributed by atoms with Crippen LogP contribution in [0.4, 0.5) is 25.0 Å². The summed E-state index contributed by atoms with van der Waals surface area (Å²) in [6.45, 7) is 4.87. The molecule has 4 rings (SSSR count). The van der Waals surface area contributed by atoms with Crippen LogP contribution in [0.5, 0.6) is 0 Å². The largest absolute Gasteiger partial charge is 0.370 e. The maximum absolute atomic E-state index is 13.7. The van der Waals surface area contributed by atoms with Crippen molar-refractivity contribution in [3.8, 4) is 0 Å². The van der Waals surface area contributed by atoms with Gasteiger partial charge in [-0.25, -0.2) is 13.6 Å². The number of nitrogens with one attached hydrogen (secondary N) is 1. The number of aromatic nitrogens is 2. The van der Waals surface area contributed by atoms with E-state index in [1.54, 1.807) is 20.7 Å². The van der Waals surface area contributed by atoms with Gasteiger partial charge < -0.3 is 19.9 Å². The number of anilines is 2. The Hall–Kier alpha value is -3.01. The zero-order valence-corrected chi connectivity index (χ0v) is 16.1. The number of benzene rings is 1. The van der Waals surface area contributed by atoms with Crippen molar-refractivity contribution in [3.05, 3.63) is 41.2 Å². The highest BCUT2D eigenvalue weighted by atomic mass is 19.2. The number of hydrogen-bond donors (Lipinski definition) is 1. The molecule has 0 bridgehead atoms. The summed E-state index contributed by atoms with van der Waals surface area (Å²) < 4.78 is 34.1. The summed E-state index contributed by atoms with van der Waals surface area (Å²) in [5, 5.41) is 6.99. The number of carbonyl (C=O) groups excluding carboxylic acids is 2. The monoisotopic (exact) mass is 405 g/mol. The molecular formula is C19H21F2N5O3. The van der Waals surface area contributed by atoms with Gasteiger partial charge >= 0.3 is 6.03 Å². The number of urea groups is 1. The lowest BCUT2D eigenvalue weighted by atomic mass is 10.1. The second-order valence-corrected chi connectivity index (χ2v) is 7.25. The molecule has 0 unspecified atom stereocenters. The first kappa shape index (κ1) is 19.3. The van der Waals surface area contributed by atoms with Gasteiger partial charge in [0.2, 0.25) is 0 Å². The quantitative estimate of drug-likeness (QED) is 0.831. The van der Waals surface area contributed by atoms with Gasteiger partial charge in [0.15, 0.2) is 11.6 Å². The number of amides is 3. The van der Waals surface area contributed by atoms with E-state index < -0.39 is 17.7 Å². The molecule has 154 valence electrons. The zero-order chi connectivity index (χ0) is 20.7. The van der Waals surface area contributed by atoms with Crippen LogP contribution < -0.4 is 10.2 Å². The molecule has 0 radical (unpaired) electrons. The van der Waals surface area contributed by atoms with Gasteiger partial charge in [0.05, 0.1) is 43.3 Å². The summed E-state index contributed by atoms with van der Waals surface area (Å²) in [6.07, 6.45) is 1.63. The van der Waals surface area contributed by atoms with Crippen molar-refractivity contribution in [1.29, 1.82) is 0 Å². The van der Waals surface area contributed by atoms with Gasteiger partial charge in [-0.15, -0.1) is 0 Å². The summed E-state index contributed by atoms with van der Waals surface area (Å²) in [6, 6.07) is 1.72. The Bertz CT molecular complexity index is 954. The van der Waals surface area contributed by atoms with E-state index in [1.807, 2.05) is 6.92 Å². The van der Waals surface area contributed by atoms with Crippen LogP contribution in [0.3, 0.4) is 0 Å². The van der Waals surface area contributed by atoms with Gasteiger partial charge in [0.25, 0.3) is 5.91 Å². The van der Waals surface area contributed by atoms with Crippen molar-refractivity contribution in [2.75, 3.05) is 30.0 Å². The molecule has 3 amide bonds. The maximum atomic E-state index is 13.7. The molecule has 2 aliphatic rings. The zero-order valence-electron chi connectivity index (χ0n) is 16.1. The first-order valence-electron chi connectivity index (χ1n) is 9.31. The van der Waals surface area contributed by atoms with Gasteiger partial charge in [-0.05, 0) is 25.5 Å². The lowest BCUT2D eigenvalue weighted by Gasteiger charge is -2.35. The number of nitrogens with zero attached hydrogens (tertiary/aromatic N) is 4. The molecule has 2 aliphatic heterocycles. The average Bonchev–Trinajstić information content (AvgIpc) is 3.08. The fourth-order valence-corrected chi connectivity index (χ4v) is 3.65. The molecule has 1 fully saturated rings. The summed E-state index contributed by atoms with van der Waals surface area (Å²) in [7, 11) is 0. The lowest BCUT2D eigenvalue weighted by Crippen LogP contribution is -2.48. The number of aryl methyl sites for hydroxylation is 1. The number of fused-ring (bicyclic) bond motifs is 1. The molecule has 0 saturated carbocycles. The predicted molar refractivity (Wildman–Crippen MR) is 101 cm³/mol. The van der Waals surface area contributed by atoms with Crippen LogP contribution in [0.25, 0.3) is 0 Å². The Kier molecular flexibility index (Phi) is 4.95. The van der Waals surface area contributed by atoms with E-state index in [2.05, 4.69) is 10.4 Å². The second kappa shape index (κ2) is 7.43. The first-order chi connectivity index (χ1) is 13.8. The molecule has 0 aliphatic carbocycles. The maximum Gasteiger partial charge on any atom is 0.322 e. The Morgan fingerprint density at radius 2 is 2.14 bits per heavy atom.